The number of carboxylic acids is 1. The van der Waals surface area contributed by atoms with Gasteiger partial charge in [0.15, 0.2) is 6.10 Å². The number of carbonyl (C=O) groups is 2. The Morgan fingerprint density at radius 2 is 2.10 bits per heavy atom. The number of benzene rings is 1. The molecule has 0 fully saturated rings. The van der Waals surface area contributed by atoms with Crippen LogP contribution in [0.4, 0.5) is 10.1 Å². The Balaban J connectivity index is 2.67. The molecular weight excluding hydrogens is 275 g/mol. The van der Waals surface area contributed by atoms with Crippen LogP contribution in [0.3, 0.4) is 0 Å². The summed E-state index contributed by atoms with van der Waals surface area (Å²) >= 11 is 0. The van der Waals surface area contributed by atoms with Crippen molar-refractivity contribution in [2.45, 2.75) is 12.5 Å². The van der Waals surface area contributed by atoms with Gasteiger partial charge in [-0.05, 0) is 12.1 Å². The van der Waals surface area contributed by atoms with Crippen molar-refractivity contribution in [1.29, 1.82) is 0 Å². The summed E-state index contributed by atoms with van der Waals surface area (Å²) in [5, 5.41) is 30.2. The zero-order chi connectivity index (χ0) is 15.3. The predicted molar refractivity (Wildman–Crippen MR) is 63.6 cm³/mol. The van der Waals surface area contributed by atoms with Crippen LogP contribution in [0, 0.1) is 15.9 Å². The van der Waals surface area contributed by atoms with Gasteiger partial charge >= 0.3 is 11.7 Å². The second-order valence-corrected chi connectivity index (χ2v) is 3.82. The summed E-state index contributed by atoms with van der Waals surface area (Å²) in [6, 6.07) is 2.63. The average Bonchev–Trinajstić information content (AvgIpc) is 2.38. The first-order valence-electron chi connectivity index (χ1n) is 5.46. The fraction of sp³-hybridized carbons (Fsp3) is 0.273. The zero-order valence-corrected chi connectivity index (χ0v) is 10.1. The number of nitrogens with one attached hydrogen (secondary N) is 1. The molecular formula is C11H11FN2O6. The van der Waals surface area contributed by atoms with Gasteiger partial charge in [0.25, 0.3) is 5.91 Å². The molecule has 0 aromatic heterocycles. The number of halogens is 1. The minimum atomic E-state index is -1.61. The van der Waals surface area contributed by atoms with Gasteiger partial charge in [0.05, 0.1) is 4.92 Å². The molecule has 1 aromatic rings. The largest absolute Gasteiger partial charge is 0.479 e. The van der Waals surface area contributed by atoms with Crippen molar-refractivity contribution in [3.05, 3.63) is 39.7 Å². The van der Waals surface area contributed by atoms with E-state index < -0.39 is 34.4 Å². The van der Waals surface area contributed by atoms with Gasteiger partial charge in [0.1, 0.15) is 0 Å². The van der Waals surface area contributed by atoms with Gasteiger partial charge in [-0.25, -0.2) is 4.79 Å². The number of nitro groups is 1. The van der Waals surface area contributed by atoms with E-state index in [1.165, 1.54) is 0 Å². The number of carbonyl (C=O) groups excluding carboxylic acids is 1. The summed E-state index contributed by atoms with van der Waals surface area (Å²) in [6.45, 7) is -0.141. The van der Waals surface area contributed by atoms with E-state index in [9.17, 15) is 24.1 Å². The lowest BCUT2D eigenvalue weighted by atomic mass is 10.1. The molecule has 3 N–H and O–H groups in total. The van der Waals surface area contributed by atoms with Gasteiger partial charge in [-0.2, -0.15) is 4.39 Å². The molecule has 0 aliphatic heterocycles. The molecule has 0 saturated heterocycles. The molecule has 1 amide bonds. The Bertz CT molecular complexity index is 548. The molecule has 0 bridgehead atoms. The summed E-state index contributed by atoms with van der Waals surface area (Å²) in [5.74, 6) is -3.21. The third-order valence-corrected chi connectivity index (χ3v) is 2.39. The van der Waals surface area contributed by atoms with Gasteiger partial charge in [-0.15, -0.1) is 0 Å². The van der Waals surface area contributed by atoms with Crippen molar-refractivity contribution in [3.63, 3.8) is 0 Å². The molecule has 9 heteroatoms. The number of aliphatic carboxylic acids is 1. The molecule has 108 valence electrons. The van der Waals surface area contributed by atoms with E-state index >= 15 is 0 Å². The van der Waals surface area contributed by atoms with E-state index in [1.54, 1.807) is 0 Å². The van der Waals surface area contributed by atoms with Crippen molar-refractivity contribution in [3.8, 4) is 0 Å². The van der Waals surface area contributed by atoms with E-state index in [0.717, 1.165) is 18.2 Å². The molecule has 0 aliphatic carbocycles. The molecule has 1 rings (SSSR count). The Kier molecular flexibility index (Phi) is 5.09. The van der Waals surface area contributed by atoms with Crippen LogP contribution in [0.5, 0.6) is 0 Å². The second-order valence-electron chi connectivity index (χ2n) is 3.82. The molecule has 1 atom stereocenters. The van der Waals surface area contributed by atoms with Crippen LogP contribution in [0.1, 0.15) is 16.8 Å². The van der Waals surface area contributed by atoms with Crippen LogP contribution in [-0.2, 0) is 4.79 Å². The number of carboxylic acid groups (broad SMARTS) is 1. The van der Waals surface area contributed by atoms with E-state index in [-0.39, 0.29) is 18.5 Å². The van der Waals surface area contributed by atoms with Crippen molar-refractivity contribution >= 4 is 17.6 Å². The van der Waals surface area contributed by atoms with E-state index in [2.05, 4.69) is 5.32 Å². The number of hydrogen-bond acceptors (Lipinski definition) is 5. The SMILES string of the molecule is O=C(NCC[C@H](O)C(=O)O)c1ccc(F)c([N+](=O)[O-])c1. The molecule has 8 nitrogen and oxygen atoms in total. The summed E-state index contributed by atoms with van der Waals surface area (Å²) in [6.07, 6.45) is -1.83. The number of amides is 1. The molecule has 0 aliphatic rings. The fourth-order valence-electron chi connectivity index (χ4n) is 1.34. The number of rotatable bonds is 6. The maximum Gasteiger partial charge on any atom is 0.332 e. The Morgan fingerprint density at radius 1 is 1.45 bits per heavy atom. The van der Waals surface area contributed by atoms with Crippen LogP contribution in [0.25, 0.3) is 0 Å². The highest BCUT2D eigenvalue weighted by atomic mass is 19.1. The topological polar surface area (TPSA) is 130 Å². The molecule has 0 unspecified atom stereocenters. The standard InChI is InChI=1S/C11H11FN2O6/c12-7-2-1-6(5-8(7)14(19)20)10(16)13-4-3-9(15)11(17)18/h1-2,5,9,15H,3-4H2,(H,13,16)(H,17,18)/t9-/m0/s1. The summed E-state index contributed by atoms with van der Waals surface area (Å²) in [7, 11) is 0. The van der Waals surface area contributed by atoms with E-state index in [4.69, 9.17) is 10.2 Å². The number of aliphatic hydroxyl groups is 1. The van der Waals surface area contributed by atoms with Crippen molar-refractivity contribution in [1.82, 2.24) is 5.32 Å². The molecule has 0 radical (unpaired) electrons. The first-order chi connectivity index (χ1) is 9.32. The minimum absolute atomic E-state index is 0.136. The lowest BCUT2D eigenvalue weighted by Crippen LogP contribution is -2.30. The minimum Gasteiger partial charge on any atom is -0.479 e. The number of nitro benzene ring substituents is 1. The van der Waals surface area contributed by atoms with Gasteiger partial charge < -0.3 is 15.5 Å². The zero-order valence-electron chi connectivity index (χ0n) is 10.1. The van der Waals surface area contributed by atoms with Gasteiger partial charge in [0, 0.05) is 24.6 Å². The monoisotopic (exact) mass is 286 g/mol. The van der Waals surface area contributed by atoms with E-state index in [1.807, 2.05) is 0 Å². The maximum absolute atomic E-state index is 13.1. The molecule has 1 aromatic carbocycles. The summed E-state index contributed by atoms with van der Waals surface area (Å²) < 4.78 is 13.1. The Morgan fingerprint density at radius 3 is 2.65 bits per heavy atom. The van der Waals surface area contributed by atoms with Crippen LogP contribution in [0.2, 0.25) is 0 Å². The number of hydrogen-bond donors (Lipinski definition) is 3. The van der Waals surface area contributed by atoms with Crippen LogP contribution in [-0.4, -0.2) is 39.7 Å². The van der Waals surface area contributed by atoms with Crippen molar-refractivity contribution in [2.24, 2.45) is 0 Å². The smallest absolute Gasteiger partial charge is 0.332 e. The van der Waals surface area contributed by atoms with Crippen LogP contribution in [0.15, 0.2) is 18.2 Å². The van der Waals surface area contributed by atoms with Crippen molar-refractivity contribution < 1.29 is 29.1 Å². The summed E-state index contributed by atoms with van der Waals surface area (Å²) in [4.78, 5) is 31.5. The highest BCUT2D eigenvalue weighted by Gasteiger charge is 2.18. The van der Waals surface area contributed by atoms with Crippen LogP contribution < -0.4 is 5.32 Å². The first-order valence-corrected chi connectivity index (χ1v) is 5.46. The van der Waals surface area contributed by atoms with Gasteiger partial charge in [-0.3, -0.25) is 14.9 Å². The molecule has 0 spiro atoms. The third-order valence-electron chi connectivity index (χ3n) is 2.39. The normalized spacial score (nSPS) is 11.7. The quantitative estimate of drug-likeness (QED) is 0.509. The first kappa shape index (κ1) is 15.5. The molecule has 20 heavy (non-hydrogen) atoms. The number of nitrogens with zero attached hydrogens (tertiary/aromatic N) is 1. The van der Waals surface area contributed by atoms with Crippen molar-refractivity contribution in [2.75, 3.05) is 6.54 Å². The molecule has 0 saturated carbocycles. The van der Waals surface area contributed by atoms with Gasteiger partial charge in [0.2, 0.25) is 5.82 Å². The molecule has 0 heterocycles. The van der Waals surface area contributed by atoms with Crippen LogP contribution >= 0.6 is 0 Å². The predicted octanol–water partition coefficient (Wildman–Crippen LogP) is 0.299. The van der Waals surface area contributed by atoms with E-state index in [0.29, 0.717) is 0 Å². The third kappa shape index (κ3) is 3.99. The Labute approximate surface area is 112 Å². The Hall–Kier alpha value is -2.55. The fourth-order valence-corrected chi connectivity index (χ4v) is 1.34. The average molecular weight is 286 g/mol. The summed E-state index contributed by atoms with van der Waals surface area (Å²) in [5.41, 5.74) is -0.967. The highest BCUT2D eigenvalue weighted by Crippen LogP contribution is 2.18. The second kappa shape index (κ2) is 6.57. The lowest BCUT2D eigenvalue weighted by Gasteiger charge is -2.07. The number of aliphatic hydroxyl groups excluding tert-OH is 1. The lowest BCUT2D eigenvalue weighted by molar-refractivity contribution is -0.387. The maximum atomic E-state index is 13.1. The van der Waals surface area contributed by atoms with Gasteiger partial charge in [-0.1, -0.05) is 0 Å². The highest BCUT2D eigenvalue weighted by molar-refractivity contribution is 5.94.